The maximum atomic E-state index is 12.9. The zero-order chi connectivity index (χ0) is 26.2. The van der Waals surface area contributed by atoms with Gasteiger partial charge in [-0.3, -0.25) is 4.79 Å². The van der Waals surface area contributed by atoms with Crippen LogP contribution in [-0.4, -0.2) is 55.4 Å². The molecule has 0 bridgehead atoms. The summed E-state index contributed by atoms with van der Waals surface area (Å²) in [5.41, 5.74) is 1.59. The largest absolute Gasteiger partial charge is 0.503 e. The lowest BCUT2D eigenvalue weighted by Crippen LogP contribution is -2.41. The number of ether oxygens (including phenoxy) is 4. The second-order valence-electron chi connectivity index (χ2n) is 8.07. The van der Waals surface area contributed by atoms with E-state index in [1.165, 1.54) is 26.3 Å². The van der Waals surface area contributed by atoms with E-state index in [9.17, 15) is 14.7 Å². The summed E-state index contributed by atoms with van der Waals surface area (Å²) in [5.74, 6) is -0.551. The Bertz CT molecular complexity index is 1130. The highest BCUT2D eigenvalue weighted by Gasteiger charge is 2.28. The number of nitrogens with one attached hydrogen (secondary N) is 1. The lowest BCUT2D eigenvalue weighted by molar-refractivity contribution is -0.150. The summed E-state index contributed by atoms with van der Waals surface area (Å²) in [7, 11) is 4.55. The van der Waals surface area contributed by atoms with Crippen molar-refractivity contribution in [3.63, 3.8) is 0 Å². The Balaban J connectivity index is 1.78. The summed E-state index contributed by atoms with van der Waals surface area (Å²) in [4.78, 5) is 29.4. The molecule has 0 saturated heterocycles. The minimum atomic E-state index is -1.00. The molecular formula is C27H30N2O7. The molecule has 0 aliphatic heterocycles. The molecule has 0 spiro atoms. The number of carbonyl (C=O) groups excluding carboxylic acids is 2. The Hall–Kier alpha value is -4.27. The van der Waals surface area contributed by atoms with E-state index in [0.717, 1.165) is 11.1 Å². The predicted octanol–water partition coefficient (Wildman–Crippen LogP) is 3.70. The second-order valence-corrected chi connectivity index (χ2v) is 8.07. The quantitative estimate of drug-likeness (QED) is 0.410. The molecule has 9 heteroatoms. The molecule has 2 N–H and O–H groups in total. The lowest BCUT2D eigenvalue weighted by atomic mass is 9.87. The van der Waals surface area contributed by atoms with Gasteiger partial charge in [0, 0.05) is 18.2 Å². The van der Waals surface area contributed by atoms with Gasteiger partial charge < -0.3 is 29.4 Å². The smallest absolute Gasteiger partial charge is 0.328 e. The molecular weight excluding hydrogens is 464 g/mol. The number of aromatic hydroxyl groups is 1. The summed E-state index contributed by atoms with van der Waals surface area (Å²) < 4.78 is 21.3. The van der Waals surface area contributed by atoms with Gasteiger partial charge in [-0.2, -0.15) is 0 Å². The average molecular weight is 495 g/mol. The first-order chi connectivity index (χ1) is 17.3. The molecule has 2 aromatic carbocycles. The Morgan fingerprint density at radius 1 is 0.833 bits per heavy atom. The fourth-order valence-corrected chi connectivity index (χ4v) is 3.80. The monoisotopic (exact) mass is 494 g/mol. The molecule has 1 amide bonds. The van der Waals surface area contributed by atoms with Crippen LogP contribution in [0.4, 0.5) is 0 Å². The zero-order valence-corrected chi connectivity index (χ0v) is 20.8. The van der Waals surface area contributed by atoms with Crippen LogP contribution in [-0.2, 0) is 9.53 Å². The van der Waals surface area contributed by atoms with Crippen molar-refractivity contribution in [1.82, 2.24) is 10.3 Å². The number of hydrogen-bond acceptors (Lipinski definition) is 8. The van der Waals surface area contributed by atoms with E-state index >= 15 is 0 Å². The standard InChI is InChI=1S/C27H30N2O7/c1-16(29-26(31)24-25(30)22(35-5)14-15-28-24)27(32)36-17(2)23(18-6-10-20(33-3)11-7-18)19-8-12-21(34-4)13-9-19/h6-17,23,30H,1-5H3,(H,29,31)/t16-,17-/m0/s1. The maximum Gasteiger partial charge on any atom is 0.328 e. The highest BCUT2D eigenvalue weighted by Crippen LogP contribution is 2.32. The molecule has 3 aromatic rings. The van der Waals surface area contributed by atoms with Crippen LogP contribution in [0, 0.1) is 0 Å². The van der Waals surface area contributed by atoms with E-state index in [4.69, 9.17) is 18.9 Å². The fourth-order valence-electron chi connectivity index (χ4n) is 3.80. The van der Waals surface area contributed by atoms with Crippen molar-refractivity contribution in [3.8, 4) is 23.0 Å². The van der Waals surface area contributed by atoms with Crippen LogP contribution in [0.1, 0.15) is 41.4 Å². The lowest BCUT2D eigenvalue weighted by Gasteiger charge is -2.27. The third-order valence-electron chi connectivity index (χ3n) is 5.74. The summed E-state index contributed by atoms with van der Waals surface area (Å²) in [5, 5.41) is 12.7. The van der Waals surface area contributed by atoms with Crippen LogP contribution in [0.5, 0.6) is 23.0 Å². The number of pyridine rings is 1. The van der Waals surface area contributed by atoms with E-state index in [1.54, 1.807) is 21.1 Å². The first kappa shape index (κ1) is 26.3. The van der Waals surface area contributed by atoms with Crippen LogP contribution >= 0.6 is 0 Å². The number of aromatic nitrogens is 1. The first-order valence-electron chi connectivity index (χ1n) is 11.3. The number of hydrogen-bond donors (Lipinski definition) is 2. The first-order valence-corrected chi connectivity index (χ1v) is 11.3. The second kappa shape index (κ2) is 11.9. The molecule has 190 valence electrons. The third kappa shape index (κ3) is 6.04. The Labute approximate surface area is 210 Å². The van der Waals surface area contributed by atoms with Crippen molar-refractivity contribution >= 4 is 11.9 Å². The van der Waals surface area contributed by atoms with Crippen LogP contribution in [0.15, 0.2) is 60.8 Å². The Morgan fingerprint density at radius 2 is 1.36 bits per heavy atom. The van der Waals surface area contributed by atoms with E-state index < -0.39 is 29.8 Å². The van der Waals surface area contributed by atoms with Crippen molar-refractivity contribution in [2.45, 2.75) is 31.9 Å². The van der Waals surface area contributed by atoms with E-state index in [-0.39, 0.29) is 17.4 Å². The highest BCUT2D eigenvalue weighted by molar-refractivity contribution is 5.97. The van der Waals surface area contributed by atoms with Gasteiger partial charge in [-0.1, -0.05) is 24.3 Å². The van der Waals surface area contributed by atoms with Crippen LogP contribution in [0.2, 0.25) is 0 Å². The van der Waals surface area contributed by atoms with Gasteiger partial charge in [-0.25, -0.2) is 9.78 Å². The van der Waals surface area contributed by atoms with E-state index in [1.807, 2.05) is 48.5 Å². The normalized spacial score (nSPS) is 12.4. The van der Waals surface area contributed by atoms with Gasteiger partial charge in [0.05, 0.1) is 21.3 Å². The molecule has 9 nitrogen and oxygen atoms in total. The molecule has 0 fully saturated rings. The van der Waals surface area contributed by atoms with Crippen molar-refractivity contribution in [2.24, 2.45) is 0 Å². The van der Waals surface area contributed by atoms with Gasteiger partial charge in [-0.05, 0) is 49.2 Å². The summed E-state index contributed by atoms with van der Waals surface area (Å²) in [6.45, 7) is 3.29. The van der Waals surface area contributed by atoms with Crippen molar-refractivity contribution in [1.29, 1.82) is 0 Å². The Morgan fingerprint density at radius 3 is 1.83 bits per heavy atom. The number of rotatable bonds is 10. The summed E-state index contributed by atoms with van der Waals surface area (Å²) >= 11 is 0. The predicted molar refractivity (Wildman–Crippen MR) is 133 cm³/mol. The molecule has 0 aliphatic carbocycles. The van der Waals surface area contributed by atoms with E-state index in [0.29, 0.717) is 11.5 Å². The summed E-state index contributed by atoms with van der Waals surface area (Å²) in [6, 6.07) is 15.5. The average Bonchev–Trinajstić information content (AvgIpc) is 2.89. The number of amides is 1. The highest BCUT2D eigenvalue weighted by atomic mass is 16.5. The fraction of sp³-hybridized carbons (Fsp3) is 0.296. The third-order valence-corrected chi connectivity index (χ3v) is 5.74. The maximum absolute atomic E-state index is 12.9. The molecule has 1 aromatic heterocycles. The number of carbonyl (C=O) groups is 2. The molecule has 0 radical (unpaired) electrons. The minimum absolute atomic E-state index is 0.0980. The molecule has 0 unspecified atom stereocenters. The minimum Gasteiger partial charge on any atom is -0.503 e. The van der Waals surface area contributed by atoms with Gasteiger partial charge in [0.15, 0.2) is 17.2 Å². The van der Waals surface area contributed by atoms with Gasteiger partial charge in [0.1, 0.15) is 23.6 Å². The number of esters is 1. The topological polar surface area (TPSA) is 116 Å². The van der Waals surface area contributed by atoms with Crippen LogP contribution in [0.25, 0.3) is 0 Å². The molecule has 36 heavy (non-hydrogen) atoms. The SMILES string of the molecule is COc1ccc(C(c2ccc(OC)cc2)[C@H](C)OC(=O)[C@H](C)NC(=O)c2nccc(OC)c2O)cc1. The van der Waals surface area contributed by atoms with Gasteiger partial charge in [0.2, 0.25) is 0 Å². The van der Waals surface area contributed by atoms with Gasteiger partial charge in [0.25, 0.3) is 5.91 Å². The van der Waals surface area contributed by atoms with Gasteiger partial charge >= 0.3 is 5.97 Å². The number of nitrogens with zero attached hydrogens (tertiary/aromatic N) is 1. The molecule has 2 atom stereocenters. The van der Waals surface area contributed by atoms with Crippen molar-refractivity contribution < 1.29 is 33.6 Å². The van der Waals surface area contributed by atoms with Crippen molar-refractivity contribution in [2.75, 3.05) is 21.3 Å². The molecule has 3 rings (SSSR count). The molecule has 0 aliphatic rings. The van der Waals surface area contributed by atoms with Crippen LogP contribution in [0.3, 0.4) is 0 Å². The number of methoxy groups -OCH3 is 3. The zero-order valence-electron chi connectivity index (χ0n) is 20.8. The number of benzene rings is 2. The summed E-state index contributed by atoms with van der Waals surface area (Å²) in [6.07, 6.45) is 0.745. The molecule has 0 saturated carbocycles. The van der Waals surface area contributed by atoms with Crippen LogP contribution < -0.4 is 19.5 Å². The molecule has 1 heterocycles. The van der Waals surface area contributed by atoms with Gasteiger partial charge in [-0.15, -0.1) is 0 Å². The van der Waals surface area contributed by atoms with Crippen molar-refractivity contribution in [3.05, 3.63) is 77.6 Å². The Kier molecular flexibility index (Phi) is 8.72. The van der Waals surface area contributed by atoms with E-state index in [2.05, 4.69) is 10.3 Å².